The van der Waals surface area contributed by atoms with E-state index in [0.29, 0.717) is 29.9 Å². The van der Waals surface area contributed by atoms with Gasteiger partial charge in [0, 0.05) is 50.2 Å². The highest BCUT2D eigenvalue weighted by atomic mass is 16.2. The topological polar surface area (TPSA) is 78.4 Å². The van der Waals surface area contributed by atoms with Gasteiger partial charge in [-0.3, -0.25) is 19.6 Å². The van der Waals surface area contributed by atoms with Gasteiger partial charge in [-0.05, 0) is 25.2 Å². The van der Waals surface area contributed by atoms with E-state index in [1.165, 1.54) is 12.4 Å². The summed E-state index contributed by atoms with van der Waals surface area (Å²) in [5, 5.41) is 3.82. The van der Waals surface area contributed by atoms with Gasteiger partial charge in [-0.25, -0.2) is 0 Å². The highest BCUT2D eigenvalue weighted by molar-refractivity contribution is 6.09. The molecule has 7 nitrogen and oxygen atoms in total. The number of piperazine rings is 1. The number of aromatic nitrogens is 2. The number of benzene rings is 1. The van der Waals surface area contributed by atoms with Gasteiger partial charge in [0.25, 0.3) is 11.8 Å². The zero-order valence-corrected chi connectivity index (χ0v) is 15.6. The van der Waals surface area contributed by atoms with Crippen LogP contribution in [0.25, 0.3) is 10.9 Å². The second-order valence-electron chi connectivity index (χ2n) is 6.89. The molecule has 142 valence electrons. The van der Waals surface area contributed by atoms with E-state index >= 15 is 0 Å². The quantitative estimate of drug-likeness (QED) is 0.760. The molecule has 0 atom stereocenters. The predicted molar refractivity (Wildman–Crippen MR) is 107 cm³/mol. The lowest BCUT2D eigenvalue weighted by Gasteiger charge is -2.32. The second-order valence-corrected chi connectivity index (χ2v) is 6.89. The van der Waals surface area contributed by atoms with Crippen LogP contribution in [-0.4, -0.2) is 64.8 Å². The monoisotopic (exact) mass is 375 g/mol. The van der Waals surface area contributed by atoms with Crippen LogP contribution in [0.4, 0.5) is 5.69 Å². The number of nitrogens with zero attached hydrogens (tertiary/aromatic N) is 4. The van der Waals surface area contributed by atoms with E-state index in [0.717, 1.165) is 24.0 Å². The molecule has 1 aliphatic heterocycles. The fraction of sp³-hybridized carbons (Fsp3) is 0.238. The highest BCUT2D eigenvalue weighted by Gasteiger charge is 2.21. The van der Waals surface area contributed by atoms with Crippen molar-refractivity contribution in [1.82, 2.24) is 19.8 Å². The van der Waals surface area contributed by atoms with Gasteiger partial charge >= 0.3 is 0 Å². The molecule has 3 heterocycles. The third-order valence-electron chi connectivity index (χ3n) is 4.92. The van der Waals surface area contributed by atoms with Crippen LogP contribution in [-0.2, 0) is 0 Å². The molecule has 1 N–H and O–H groups in total. The summed E-state index contributed by atoms with van der Waals surface area (Å²) in [4.78, 5) is 37.9. The Morgan fingerprint density at radius 2 is 1.75 bits per heavy atom. The fourth-order valence-corrected chi connectivity index (χ4v) is 3.27. The minimum absolute atomic E-state index is 0.0953. The molecule has 28 heavy (non-hydrogen) atoms. The van der Waals surface area contributed by atoms with E-state index in [4.69, 9.17) is 0 Å². The Morgan fingerprint density at radius 1 is 1.00 bits per heavy atom. The van der Waals surface area contributed by atoms with Crippen molar-refractivity contribution in [3.63, 3.8) is 0 Å². The molecule has 0 spiro atoms. The average Bonchev–Trinajstić information content (AvgIpc) is 2.74. The zero-order chi connectivity index (χ0) is 19.5. The Balaban J connectivity index is 1.54. The normalized spacial score (nSPS) is 14.8. The van der Waals surface area contributed by atoms with Crippen molar-refractivity contribution in [3.8, 4) is 0 Å². The average molecular weight is 375 g/mol. The molecule has 1 aromatic carbocycles. The molecule has 0 aliphatic carbocycles. The second kappa shape index (κ2) is 7.74. The van der Waals surface area contributed by atoms with Crippen LogP contribution in [0.15, 0.2) is 55.0 Å². The Bertz CT molecular complexity index is 1020. The molecular weight excluding hydrogens is 354 g/mol. The number of carbonyl (C=O) groups is 2. The van der Waals surface area contributed by atoms with Crippen LogP contribution in [0.1, 0.15) is 20.7 Å². The summed E-state index contributed by atoms with van der Waals surface area (Å²) in [5.41, 5.74) is 2.11. The van der Waals surface area contributed by atoms with Crippen molar-refractivity contribution in [3.05, 3.63) is 66.1 Å². The third-order valence-corrected chi connectivity index (χ3v) is 4.92. The summed E-state index contributed by atoms with van der Waals surface area (Å²) in [6.07, 6.45) is 4.67. The molecule has 0 bridgehead atoms. The van der Waals surface area contributed by atoms with Crippen LogP contribution >= 0.6 is 0 Å². The number of nitrogens with one attached hydrogen (secondary N) is 1. The van der Waals surface area contributed by atoms with Crippen molar-refractivity contribution in [2.75, 3.05) is 38.5 Å². The lowest BCUT2D eigenvalue weighted by atomic mass is 10.1. The van der Waals surface area contributed by atoms with E-state index in [-0.39, 0.29) is 11.8 Å². The molecule has 0 unspecified atom stereocenters. The number of hydrogen-bond donors (Lipinski definition) is 1. The Kier molecular flexibility index (Phi) is 4.99. The van der Waals surface area contributed by atoms with E-state index in [9.17, 15) is 9.59 Å². The molecular formula is C21H21N5O2. The molecule has 4 rings (SSSR count). The van der Waals surface area contributed by atoms with Gasteiger partial charge in [0.05, 0.1) is 22.3 Å². The molecule has 0 radical (unpaired) electrons. The van der Waals surface area contributed by atoms with E-state index < -0.39 is 0 Å². The van der Waals surface area contributed by atoms with E-state index in [1.54, 1.807) is 23.2 Å². The Morgan fingerprint density at radius 3 is 2.57 bits per heavy atom. The van der Waals surface area contributed by atoms with Gasteiger partial charge < -0.3 is 15.1 Å². The maximum Gasteiger partial charge on any atom is 0.257 e. The zero-order valence-electron chi connectivity index (χ0n) is 15.6. The fourth-order valence-electron chi connectivity index (χ4n) is 3.27. The number of fused-ring (bicyclic) bond motifs is 1. The first-order valence-electron chi connectivity index (χ1n) is 9.20. The Labute approximate surface area is 163 Å². The van der Waals surface area contributed by atoms with Crippen LogP contribution in [0.2, 0.25) is 0 Å². The van der Waals surface area contributed by atoms with E-state index in [2.05, 4.69) is 20.2 Å². The predicted octanol–water partition coefficient (Wildman–Crippen LogP) is 2.27. The summed E-state index contributed by atoms with van der Waals surface area (Å²) in [6, 6.07) is 11.0. The minimum Gasteiger partial charge on any atom is -0.336 e. The third kappa shape index (κ3) is 3.70. The smallest absolute Gasteiger partial charge is 0.257 e. The number of anilines is 1. The first kappa shape index (κ1) is 18.1. The maximum absolute atomic E-state index is 12.7. The van der Waals surface area contributed by atoms with Crippen molar-refractivity contribution < 1.29 is 9.59 Å². The lowest BCUT2D eigenvalue weighted by Crippen LogP contribution is -2.47. The molecule has 0 saturated carbocycles. The van der Waals surface area contributed by atoms with Gasteiger partial charge in [-0.1, -0.05) is 18.2 Å². The number of likely N-dealkylation sites (N-methyl/N-ethyl adjacent to an activating group) is 1. The summed E-state index contributed by atoms with van der Waals surface area (Å²) in [5.74, 6) is -0.416. The molecule has 1 fully saturated rings. The molecule has 7 heteroatoms. The Hall–Kier alpha value is -3.32. The standard InChI is InChI=1S/C21H21N5O2/c1-25-8-10-26(11-9-25)21(28)17-12-16(13-22-14-17)20(27)24-18-6-2-4-15-5-3-7-23-19(15)18/h2-7,12-14H,8-11H2,1H3,(H,24,27). The maximum atomic E-state index is 12.7. The first-order chi connectivity index (χ1) is 13.6. The van der Waals surface area contributed by atoms with E-state index in [1.807, 2.05) is 31.3 Å². The molecule has 1 saturated heterocycles. The van der Waals surface area contributed by atoms with Gasteiger partial charge in [0.1, 0.15) is 0 Å². The summed E-state index contributed by atoms with van der Waals surface area (Å²) in [7, 11) is 2.04. The van der Waals surface area contributed by atoms with Crippen LogP contribution in [0.5, 0.6) is 0 Å². The van der Waals surface area contributed by atoms with Crippen molar-refractivity contribution in [2.24, 2.45) is 0 Å². The highest BCUT2D eigenvalue weighted by Crippen LogP contribution is 2.21. The molecule has 1 aliphatic rings. The van der Waals surface area contributed by atoms with Crippen molar-refractivity contribution >= 4 is 28.4 Å². The first-order valence-corrected chi connectivity index (χ1v) is 9.20. The number of para-hydroxylation sites is 1. The largest absolute Gasteiger partial charge is 0.336 e. The van der Waals surface area contributed by atoms with Crippen LogP contribution < -0.4 is 5.32 Å². The summed E-state index contributed by atoms with van der Waals surface area (Å²) < 4.78 is 0. The molecule has 3 aromatic rings. The van der Waals surface area contributed by atoms with Gasteiger partial charge in [0.2, 0.25) is 0 Å². The number of amides is 2. The van der Waals surface area contributed by atoms with Gasteiger partial charge in [0.15, 0.2) is 0 Å². The summed E-state index contributed by atoms with van der Waals surface area (Å²) >= 11 is 0. The number of hydrogen-bond acceptors (Lipinski definition) is 5. The van der Waals surface area contributed by atoms with Crippen molar-refractivity contribution in [2.45, 2.75) is 0 Å². The summed E-state index contributed by atoms with van der Waals surface area (Å²) in [6.45, 7) is 3.03. The minimum atomic E-state index is -0.321. The van der Waals surface area contributed by atoms with Crippen LogP contribution in [0, 0.1) is 0 Å². The molecule has 2 aromatic heterocycles. The SMILES string of the molecule is CN1CCN(C(=O)c2cncc(C(=O)Nc3cccc4cccnc34)c2)CC1. The number of pyridine rings is 2. The van der Waals surface area contributed by atoms with Gasteiger partial charge in [-0.15, -0.1) is 0 Å². The lowest BCUT2D eigenvalue weighted by molar-refractivity contribution is 0.0663. The van der Waals surface area contributed by atoms with Gasteiger partial charge in [-0.2, -0.15) is 0 Å². The molecule has 2 amide bonds. The number of rotatable bonds is 3. The van der Waals surface area contributed by atoms with Crippen molar-refractivity contribution in [1.29, 1.82) is 0 Å². The van der Waals surface area contributed by atoms with Crippen LogP contribution in [0.3, 0.4) is 0 Å². The number of carbonyl (C=O) groups excluding carboxylic acids is 2.